The summed E-state index contributed by atoms with van der Waals surface area (Å²) in [6.07, 6.45) is 1.70. The molecule has 0 aromatic carbocycles. The zero-order valence-electron chi connectivity index (χ0n) is 8.93. The fraction of sp³-hybridized carbons (Fsp3) is 0.778. The van der Waals surface area contributed by atoms with Crippen molar-refractivity contribution in [3.8, 4) is 0 Å². The Balaban J connectivity index is 4.88. The second kappa shape index (κ2) is 5.48. The van der Waals surface area contributed by atoms with Crippen LogP contribution < -0.4 is 5.14 Å². The van der Waals surface area contributed by atoms with Crippen molar-refractivity contribution in [1.29, 1.82) is 0 Å². The summed E-state index contributed by atoms with van der Waals surface area (Å²) < 4.78 is 27.7. The Labute approximate surface area is 86.2 Å². The van der Waals surface area contributed by atoms with Crippen molar-refractivity contribution in [2.45, 2.75) is 31.6 Å². The van der Waals surface area contributed by atoms with Crippen LogP contribution in [0.3, 0.4) is 0 Å². The van der Waals surface area contributed by atoms with Gasteiger partial charge in [-0.25, -0.2) is 13.6 Å². The molecule has 0 saturated carbocycles. The third kappa shape index (κ3) is 3.77. The van der Waals surface area contributed by atoms with E-state index >= 15 is 0 Å². The van der Waals surface area contributed by atoms with Crippen LogP contribution in [0.2, 0.25) is 0 Å². The number of primary sulfonamides is 1. The summed E-state index contributed by atoms with van der Waals surface area (Å²) in [4.78, 5) is 0. The van der Waals surface area contributed by atoms with E-state index in [4.69, 9.17) is 9.88 Å². The second-order valence-corrected chi connectivity index (χ2v) is 5.32. The second-order valence-electron chi connectivity index (χ2n) is 3.60. The van der Waals surface area contributed by atoms with Crippen LogP contribution in [0, 0.1) is 5.92 Å². The Morgan fingerprint density at radius 2 is 2.00 bits per heavy atom. The molecule has 0 unspecified atom stereocenters. The van der Waals surface area contributed by atoms with E-state index in [0.29, 0.717) is 6.42 Å². The molecule has 0 spiro atoms. The molecule has 0 aliphatic rings. The summed E-state index contributed by atoms with van der Waals surface area (Å²) in [7, 11) is -2.09. The van der Waals surface area contributed by atoms with Crippen LogP contribution in [0.5, 0.6) is 0 Å². The Morgan fingerprint density at radius 3 is 2.21 bits per heavy atom. The predicted octanol–water partition coefficient (Wildman–Crippen LogP) is 0.891. The topological polar surface area (TPSA) is 69.4 Å². The van der Waals surface area contributed by atoms with Gasteiger partial charge in [-0.15, -0.1) is 6.58 Å². The highest BCUT2D eigenvalue weighted by Crippen LogP contribution is 2.18. The molecule has 0 amide bonds. The van der Waals surface area contributed by atoms with Crippen LogP contribution in [0.15, 0.2) is 12.7 Å². The van der Waals surface area contributed by atoms with Crippen molar-refractivity contribution in [2.24, 2.45) is 11.1 Å². The molecule has 2 N–H and O–H groups in total. The average molecular weight is 221 g/mol. The number of rotatable bonds is 6. The molecule has 0 radical (unpaired) electrons. The van der Waals surface area contributed by atoms with E-state index in [-0.39, 0.29) is 5.92 Å². The van der Waals surface area contributed by atoms with Crippen molar-refractivity contribution in [2.75, 3.05) is 7.11 Å². The highest BCUT2D eigenvalue weighted by atomic mass is 32.2. The van der Waals surface area contributed by atoms with Gasteiger partial charge in [0, 0.05) is 7.11 Å². The lowest BCUT2D eigenvalue weighted by Crippen LogP contribution is -2.43. The molecule has 84 valence electrons. The Bertz CT molecular complexity index is 272. The van der Waals surface area contributed by atoms with Crippen molar-refractivity contribution < 1.29 is 13.2 Å². The summed E-state index contributed by atoms with van der Waals surface area (Å²) in [6, 6.07) is 0. The number of nitrogens with two attached hydrogens (primary N) is 1. The smallest absolute Gasteiger partial charge is 0.214 e. The normalized spacial score (nSPS) is 16.6. The van der Waals surface area contributed by atoms with Gasteiger partial charge in [0.15, 0.2) is 0 Å². The molecular weight excluding hydrogens is 202 g/mol. The zero-order chi connectivity index (χ0) is 11.4. The first-order valence-corrected chi connectivity index (χ1v) is 6.10. The van der Waals surface area contributed by atoms with Crippen molar-refractivity contribution in [3.05, 3.63) is 12.7 Å². The van der Waals surface area contributed by atoms with Crippen LogP contribution in [0.1, 0.15) is 20.3 Å². The van der Waals surface area contributed by atoms with E-state index in [0.717, 1.165) is 0 Å². The number of methoxy groups -OCH3 is 1. The van der Waals surface area contributed by atoms with Gasteiger partial charge in [0.2, 0.25) is 10.0 Å². The first-order chi connectivity index (χ1) is 6.34. The molecule has 0 aromatic rings. The molecule has 5 heteroatoms. The fourth-order valence-corrected chi connectivity index (χ4v) is 2.95. The van der Waals surface area contributed by atoms with Gasteiger partial charge >= 0.3 is 0 Å². The van der Waals surface area contributed by atoms with E-state index in [1.54, 1.807) is 6.08 Å². The molecule has 2 atom stereocenters. The van der Waals surface area contributed by atoms with Gasteiger partial charge in [-0.1, -0.05) is 19.9 Å². The maximum atomic E-state index is 11.3. The first-order valence-electron chi connectivity index (χ1n) is 4.49. The van der Waals surface area contributed by atoms with Gasteiger partial charge in [-0.05, 0) is 12.3 Å². The standard InChI is InChI=1S/C9H19NO3S/c1-5-6-8(13-4)9(7(2)3)14(10,11)12/h5,7-9H,1,6H2,2-4H3,(H2,10,11,12)/t8-,9-/m0/s1. The lowest BCUT2D eigenvalue weighted by molar-refractivity contribution is 0.0899. The SMILES string of the molecule is C=CC[C@H](OC)[C@H](C(C)C)S(N)(=O)=O. The molecule has 0 aliphatic carbocycles. The van der Waals surface area contributed by atoms with Gasteiger partial charge in [0.25, 0.3) is 0 Å². The van der Waals surface area contributed by atoms with Crippen molar-refractivity contribution >= 4 is 10.0 Å². The van der Waals surface area contributed by atoms with Crippen LogP contribution in [0.25, 0.3) is 0 Å². The van der Waals surface area contributed by atoms with Gasteiger partial charge in [0.05, 0.1) is 6.10 Å². The quantitative estimate of drug-likeness (QED) is 0.677. The van der Waals surface area contributed by atoms with E-state index in [9.17, 15) is 8.42 Å². The summed E-state index contributed by atoms with van der Waals surface area (Å²) in [6.45, 7) is 7.18. The molecular formula is C9H19NO3S. The summed E-state index contributed by atoms with van der Waals surface area (Å²) in [5.41, 5.74) is 0. The first kappa shape index (κ1) is 13.6. The van der Waals surface area contributed by atoms with Crippen molar-refractivity contribution in [3.63, 3.8) is 0 Å². The Kier molecular flexibility index (Phi) is 5.33. The largest absolute Gasteiger partial charge is 0.380 e. The summed E-state index contributed by atoms with van der Waals surface area (Å²) >= 11 is 0. The maximum Gasteiger partial charge on any atom is 0.214 e. The van der Waals surface area contributed by atoms with E-state index in [2.05, 4.69) is 6.58 Å². The predicted molar refractivity (Wildman–Crippen MR) is 57.3 cm³/mol. The molecule has 0 rings (SSSR count). The van der Waals surface area contributed by atoms with Crippen LogP contribution in [-0.2, 0) is 14.8 Å². The van der Waals surface area contributed by atoms with Gasteiger partial charge < -0.3 is 4.74 Å². The van der Waals surface area contributed by atoms with Gasteiger partial charge in [0.1, 0.15) is 5.25 Å². The minimum Gasteiger partial charge on any atom is -0.380 e. The summed E-state index contributed by atoms with van der Waals surface area (Å²) in [5.74, 6) is -0.0742. The molecule has 0 aliphatic heterocycles. The Hall–Kier alpha value is -0.390. The molecule has 0 bridgehead atoms. The van der Waals surface area contributed by atoms with Gasteiger partial charge in [-0.2, -0.15) is 0 Å². The number of hydrogen-bond acceptors (Lipinski definition) is 3. The van der Waals surface area contributed by atoms with E-state index in [1.807, 2.05) is 13.8 Å². The van der Waals surface area contributed by atoms with Crippen LogP contribution >= 0.6 is 0 Å². The minimum atomic E-state index is -3.57. The van der Waals surface area contributed by atoms with E-state index in [1.165, 1.54) is 7.11 Å². The molecule has 0 saturated heterocycles. The van der Waals surface area contributed by atoms with Gasteiger partial charge in [-0.3, -0.25) is 0 Å². The number of hydrogen-bond donors (Lipinski definition) is 1. The lowest BCUT2D eigenvalue weighted by atomic mass is 10.0. The highest BCUT2D eigenvalue weighted by molar-refractivity contribution is 7.89. The average Bonchev–Trinajstić information content (AvgIpc) is 2.00. The van der Waals surface area contributed by atoms with Crippen molar-refractivity contribution in [1.82, 2.24) is 0 Å². The minimum absolute atomic E-state index is 0.0742. The lowest BCUT2D eigenvalue weighted by Gasteiger charge is -2.26. The highest BCUT2D eigenvalue weighted by Gasteiger charge is 2.33. The van der Waals surface area contributed by atoms with Crippen LogP contribution in [0.4, 0.5) is 0 Å². The van der Waals surface area contributed by atoms with Crippen LogP contribution in [-0.4, -0.2) is 26.9 Å². The molecule has 4 nitrogen and oxygen atoms in total. The Morgan fingerprint density at radius 1 is 1.50 bits per heavy atom. The fourth-order valence-electron chi connectivity index (χ4n) is 1.55. The number of sulfonamides is 1. The number of ether oxygens (including phenoxy) is 1. The molecule has 0 heterocycles. The maximum absolute atomic E-state index is 11.3. The molecule has 14 heavy (non-hydrogen) atoms. The monoisotopic (exact) mass is 221 g/mol. The zero-order valence-corrected chi connectivity index (χ0v) is 9.75. The third-order valence-corrected chi connectivity index (χ3v) is 3.71. The molecule has 0 aromatic heterocycles. The third-order valence-electron chi connectivity index (χ3n) is 2.10. The summed E-state index contributed by atoms with van der Waals surface area (Å²) in [5, 5.41) is 4.47. The molecule has 0 fully saturated rings. The van der Waals surface area contributed by atoms with E-state index < -0.39 is 21.4 Å².